The van der Waals surface area contributed by atoms with Crippen LogP contribution in [0.5, 0.6) is 5.75 Å². The molecule has 1 aliphatic heterocycles. The lowest BCUT2D eigenvalue weighted by Crippen LogP contribution is -2.45. The number of aryl methyl sites for hydroxylation is 1. The van der Waals surface area contributed by atoms with Crippen molar-refractivity contribution in [2.45, 2.75) is 64.2 Å². The van der Waals surface area contributed by atoms with Crippen molar-refractivity contribution in [2.24, 2.45) is 0 Å². The van der Waals surface area contributed by atoms with E-state index in [1.165, 1.54) is 25.1 Å². The number of anilines is 1. The molecule has 4 rings (SSSR count). The summed E-state index contributed by atoms with van der Waals surface area (Å²) in [6.45, 7) is 7.20. The molecule has 2 aromatic carbocycles. The highest BCUT2D eigenvalue weighted by Crippen LogP contribution is 2.64. The Morgan fingerprint density at radius 1 is 1.34 bits per heavy atom. The zero-order chi connectivity index (χ0) is 23.3. The number of aliphatic hydroxyl groups is 1. The topological polar surface area (TPSA) is 82.6 Å². The van der Waals surface area contributed by atoms with Gasteiger partial charge in [-0.15, -0.1) is 0 Å². The lowest BCUT2D eigenvalue weighted by atomic mass is 9.90. The number of fused-ring (bicyclic) bond motifs is 3. The lowest BCUT2D eigenvalue weighted by Gasteiger charge is -2.33. The molecule has 1 saturated carbocycles. The van der Waals surface area contributed by atoms with E-state index in [-0.39, 0.29) is 23.9 Å². The van der Waals surface area contributed by atoms with E-state index in [1.807, 2.05) is 26.8 Å². The minimum atomic E-state index is -1.64. The van der Waals surface area contributed by atoms with Crippen LogP contribution < -0.4 is 20.9 Å². The molecule has 1 fully saturated rings. The summed E-state index contributed by atoms with van der Waals surface area (Å²) in [7, 11) is 0. The van der Waals surface area contributed by atoms with E-state index >= 15 is 0 Å². The minimum absolute atomic E-state index is 0.0251. The third-order valence-electron chi connectivity index (χ3n) is 6.41. The maximum Gasteiger partial charge on any atom is 0.222 e. The van der Waals surface area contributed by atoms with Crippen LogP contribution in [0.3, 0.4) is 0 Å². The van der Waals surface area contributed by atoms with Gasteiger partial charge in [-0.2, -0.15) is 0 Å². The number of hydrogen-bond donors (Lipinski definition) is 4. The second-order valence-electron chi connectivity index (χ2n) is 8.98. The molecule has 3 atom stereocenters. The van der Waals surface area contributed by atoms with Gasteiger partial charge in [-0.1, -0.05) is 13.0 Å². The van der Waals surface area contributed by atoms with Crippen molar-refractivity contribution in [3.63, 3.8) is 0 Å². The lowest BCUT2D eigenvalue weighted by molar-refractivity contribution is -0.134. The number of nitrogens with one attached hydrogen (secondary N) is 3. The van der Waals surface area contributed by atoms with Gasteiger partial charge in [0.25, 0.3) is 0 Å². The molecule has 1 amide bonds. The number of ether oxygens (including phenoxy) is 1. The Morgan fingerprint density at radius 3 is 2.69 bits per heavy atom. The van der Waals surface area contributed by atoms with Crippen molar-refractivity contribution in [3.05, 3.63) is 58.2 Å². The number of amides is 1. The molecule has 2 aromatic rings. The van der Waals surface area contributed by atoms with Crippen LogP contribution in [0.2, 0.25) is 0 Å². The van der Waals surface area contributed by atoms with E-state index in [2.05, 4.69) is 16.2 Å². The molecule has 6 nitrogen and oxygen atoms in total. The smallest absolute Gasteiger partial charge is 0.222 e. The van der Waals surface area contributed by atoms with Crippen LogP contribution in [0.4, 0.5) is 14.5 Å². The summed E-state index contributed by atoms with van der Waals surface area (Å²) in [6, 6.07) is 5.70. The molecule has 0 saturated heterocycles. The van der Waals surface area contributed by atoms with Crippen LogP contribution in [0.1, 0.15) is 61.3 Å². The predicted molar refractivity (Wildman–Crippen MR) is 117 cm³/mol. The molecule has 0 spiro atoms. The second-order valence-corrected chi connectivity index (χ2v) is 8.98. The minimum Gasteiger partial charge on any atom is -0.459 e. The first-order valence-electron chi connectivity index (χ1n) is 10.9. The van der Waals surface area contributed by atoms with Gasteiger partial charge in [0.05, 0.1) is 17.8 Å². The standard InChI is InChI=1S/C24H29F2N3O3/c1-5-7-19(30)27-12-23(4,31)32-18-10-13(2)14(3)20-15-11-24(15,29-28-22(18)20)21-16(25)8-6-9-17(21)26/h6,8-10,15,28-29,31H,5,7,11-12H2,1-4H3,(H,27,30)/t15-,23+,24-/m1/s1. The number of carbonyl (C=O) groups excluding carboxylic acids is 1. The maximum atomic E-state index is 14.6. The number of rotatable bonds is 7. The molecule has 1 aliphatic carbocycles. The molecular weight excluding hydrogens is 416 g/mol. The van der Waals surface area contributed by atoms with Crippen LogP contribution in [0.25, 0.3) is 0 Å². The van der Waals surface area contributed by atoms with Crippen LogP contribution >= 0.6 is 0 Å². The van der Waals surface area contributed by atoms with E-state index in [9.17, 15) is 18.7 Å². The summed E-state index contributed by atoms with van der Waals surface area (Å²) in [5.41, 5.74) is 8.80. The normalized spacial score (nSPS) is 22.8. The molecule has 0 radical (unpaired) electrons. The van der Waals surface area contributed by atoms with Crippen LogP contribution in [-0.2, 0) is 10.3 Å². The highest BCUT2D eigenvalue weighted by molar-refractivity contribution is 5.76. The Hall–Kier alpha value is -2.71. The molecule has 32 heavy (non-hydrogen) atoms. The second kappa shape index (κ2) is 8.01. The fraction of sp³-hybridized carbons (Fsp3) is 0.458. The third kappa shape index (κ3) is 3.82. The van der Waals surface area contributed by atoms with E-state index in [0.29, 0.717) is 30.7 Å². The van der Waals surface area contributed by atoms with Crippen molar-refractivity contribution in [1.29, 1.82) is 0 Å². The van der Waals surface area contributed by atoms with Gasteiger partial charge in [0.1, 0.15) is 17.4 Å². The van der Waals surface area contributed by atoms with Gasteiger partial charge in [0.15, 0.2) is 0 Å². The molecule has 0 bridgehead atoms. The first-order valence-corrected chi connectivity index (χ1v) is 10.9. The average molecular weight is 446 g/mol. The molecule has 1 heterocycles. The summed E-state index contributed by atoms with van der Waals surface area (Å²) in [4.78, 5) is 11.8. The Morgan fingerprint density at radius 2 is 2.03 bits per heavy atom. The van der Waals surface area contributed by atoms with E-state index in [1.54, 1.807) is 0 Å². The van der Waals surface area contributed by atoms with Gasteiger partial charge >= 0.3 is 0 Å². The zero-order valence-corrected chi connectivity index (χ0v) is 18.7. The first-order chi connectivity index (χ1) is 15.1. The number of benzene rings is 2. The van der Waals surface area contributed by atoms with Gasteiger partial charge in [-0.25, -0.2) is 14.2 Å². The summed E-state index contributed by atoms with van der Waals surface area (Å²) >= 11 is 0. The van der Waals surface area contributed by atoms with Crippen LogP contribution in [0.15, 0.2) is 24.3 Å². The van der Waals surface area contributed by atoms with Crippen molar-refractivity contribution in [3.8, 4) is 5.75 Å². The predicted octanol–water partition coefficient (Wildman–Crippen LogP) is 3.90. The maximum absolute atomic E-state index is 14.6. The Labute approximate surface area is 186 Å². The van der Waals surface area contributed by atoms with Crippen molar-refractivity contribution < 1.29 is 23.4 Å². The number of hydrazine groups is 1. The molecule has 0 aromatic heterocycles. The fourth-order valence-electron chi connectivity index (χ4n) is 4.59. The molecule has 2 aliphatic rings. The van der Waals surface area contributed by atoms with E-state index < -0.39 is 23.0 Å². The summed E-state index contributed by atoms with van der Waals surface area (Å²) in [5, 5.41) is 13.4. The Bertz CT molecular complexity index is 1050. The Kier molecular flexibility index (Phi) is 5.63. The largest absolute Gasteiger partial charge is 0.459 e. The average Bonchev–Trinajstić information content (AvgIpc) is 3.45. The summed E-state index contributed by atoms with van der Waals surface area (Å²) in [5.74, 6) is -2.72. The zero-order valence-electron chi connectivity index (χ0n) is 18.7. The van der Waals surface area contributed by atoms with Crippen LogP contribution in [-0.4, -0.2) is 23.3 Å². The first kappa shape index (κ1) is 22.5. The number of carbonyl (C=O) groups is 1. The molecule has 4 N–H and O–H groups in total. The van der Waals surface area contributed by atoms with E-state index in [4.69, 9.17) is 4.74 Å². The van der Waals surface area contributed by atoms with Gasteiger partial charge in [0, 0.05) is 24.8 Å². The van der Waals surface area contributed by atoms with Crippen molar-refractivity contribution >= 4 is 11.6 Å². The molecule has 172 valence electrons. The third-order valence-corrected chi connectivity index (χ3v) is 6.41. The highest BCUT2D eigenvalue weighted by atomic mass is 19.1. The van der Waals surface area contributed by atoms with Gasteiger partial charge < -0.3 is 20.6 Å². The Balaban J connectivity index is 1.65. The molecule has 0 unspecified atom stereocenters. The number of halogens is 2. The van der Waals surface area contributed by atoms with Crippen molar-refractivity contribution in [2.75, 3.05) is 12.0 Å². The van der Waals surface area contributed by atoms with Gasteiger partial charge in [0.2, 0.25) is 11.7 Å². The van der Waals surface area contributed by atoms with Crippen LogP contribution in [0, 0.1) is 25.5 Å². The SMILES string of the molecule is CCCC(=O)NC[C@@](C)(O)Oc1cc(C)c(C)c2c1NN[C@]1(c3c(F)cccc3F)C[C@H]21. The number of hydrogen-bond acceptors (Lipinski definition) is 5. The highest BCUT2D eigenvalue weighted by Gasteiger charge is 2.62. The summed E-state index contributed by atoms with van der Waals surface area (Å²) in [6.07, 6.45) is 1.61. The summed E-state index contributed by atoms with van der Waals surface area (Å²) < 4.78 is 35.0. The monoisotopic (exact) mass is 445 g/mol. The molecular formula is C24H29F2N3O3. The van der Waals surface area contributed by atoms with Gasteiger partial charge in [-0.3, -0.25) is 4.79 Å². The molecule has 8 heteroatoms. The van der Waals surface area contributed by atoms with Gasteiger partial charge in [-0.05, 0) is 61.6 Å². The van der Waals surface area contributed by atoms with E-state index in [0.717, 1.165) is 16.7 Å². The quantitative estimate of drug-likeness (QED) is 0.486. The fourth-order valence-corrected chi connectivity index (χ4v) is 4.59. The van der Waals surface area contributed by atoms with Crippen molar-refractivity contribution in [1.82, 2.24) is 10.7 Å².